The monoisotopic (exact) mass is 338 g/mol. The molecule has 1 saturated heterocycles. The van der Waals surface area contributed by atoms with Gasteiger partial charge in [-0.25, -0.2) is 0 Å². The third kappa shape index (κ3) is 3.96. The highest BCUT2D eigenvalue weighted by Crippen LogP contribution is 2.32. The molecule has 0 amide bonds. The molecular weight excluding hydrogens is 312 g/mol. The molecule has 1 aromatic carbocycles. The van der Waals surface area contributed by atoms with Crippen molar-refractivity contribution in [2.24, 2.45) is 5.92 Å². The van der Waals surface area contributed by atoms with Gasteiger partial charge in [-0.3, -0.25) is 9.88 Å². The minimum Gasteiger partial charge on any atom is -0.486 e. The maximum atomic E-state index is 5.70. The molecule has 4 rings (SSSR count). The highest BCUT2D eigenvalue weighted by Gasteiger charge is 2.23. The Balaban J connectivity index is 1.36. The van der Waals surface area contributed by atoms with E-state index in [1.807, 2.05) is 6.07 Å². The van der Waals surface area contributed by atoms with Gasteiger partial charge in [-0.15, -0.1) is 0 Å². The Hall–Kier alpha value is -2.07. The van der Waals surface area contributed by atoms with Crippen LogP contribution in [-0.2, 0) is 13.0 Å². The SMILES string of the molecule is Cc1cc(CC2CCN(Cc3ccc4c(c3)OCCO4)C2)cc(C)n1. The van der Waals surface area contributed by atoms with Crippen molar-refractivity contribution in [1.82, 2.24) is 9.88 Å². The van der Waals surface area contributed by atoms with Crippen molar-refractivity contribution < 1.29 is 9.47 Å². The van der Waals surface area contributed by atoms with E-state index in [-0.39, 0.29) is 0 Å². The van der Waals surface area contributed by atoms with E-state index >= 15 is 0 Å². The minimum absolute atomic E-state index is 0.646. The molecule has 0 N–H and O–H groups in total. The highest BCUT2D eigenvalue weighted by molar-refractivity contribution is 5.43. The van der Waals surface area contributed by atoms with Crippen LogP contribution in [0.5, 0.6) is 11.5 Å². The fourth-order valence-corrected chi connectivity index (χ4v) is 4.04. The van der Waals surface area contributed by atoms with E-state index in [4.69, 9.17) is 9.47 Å². The number of ether oxygens (including phenoxy) is 2. The van der Waals surface area contributed by atoms with Gasteiger partial charge < -0.3 is 9.47 Å². The quantitative estimate of drug-likeness (QED) is 0.854. The molecule has 0 spiro atoms. The smallest absolute Gasteiger partial charge is 0.161 e. The van der Waals surface area contributed by atoms with Crippen molar-refractivity contribution in [3.8, 4) is 11.5 Å². The van der Waals surface area contributed by atoms with Crippen molar-refractivity contribution in [2.45, 2.75) is 33.2 Å². The van der Waals surface area contributed by atoms with Crippen LogP contribution in [-0.4, -0.2) is 36.2 Å². The third-order valence-electron chi connectivity index (χ3n) is 5.05. The molecule has 25 heavy (non-hydrogen) atoms. The summed E-state index contributed by atoms with van der Waals surface area (Å²) in [7, 11) is 0. The van der Waals surface area contributed by atoms with Crippen LogP contribution in [0.3, 0.4) is 0 Å². The molecule has 0 bridgehead atoms. The van der Waals surface area contributed by atoms with Crippen LogP contribution in [0.15, 0.2) is 30.3 Å². The van der Waals surface area contributed by atoms with E-state index in [2.05, 4.69) is 48.0 Å². The lowest BCUT2D eigenvalue weighted by atomic mass is 9.98. The molecule has 1 atom stereocenters. The minimum atomic E-state index is 0.646. The van der Waals surface area contributed by atoms with Gasteiger partial charge in [0.05, 0.1) is 0 Å². The summed E-state index contributed by atoms with van der Waals surface area (Å²) in [5.41, 5.74) is 4.99. The van der Waals surface area contributed by atoms with Crippen LogP contribution >= 0.6 is 0 Å². The molecule has 1 aromatic heterocycles. The average molecular weight is 338 g/mol. The molecule has 2 aliphatic rings. The summed E-state index contributed by atoms with van der Waals surface area (Å²) in [4.78, 5) is 7.03. The predicted molar refractivity (Wildman–Crippen MR) is 98.2 cm³/mol. The first-order valence-electron chi connectivity index (χ1n) is 9.21. The molecule has 132 valence electrons. The third-order valence-corrected chi connectivity index (χ3v) is 5.05. The summed E-state index contributed by atoms with van der Waals surface area (Å²) in [6.07, 6.45) is 2.42. The number of aryl methyl sites for hydroxylation is 2. The Labute approximate surface area is 149 Å². The standard InChI is InChI=1S/C21H26N2O2/c1-15-9-19(10-16(2)22-15)11-18-5-6-23(14-18)13-17-3-4-20-21(12-17)25-8-7-24-20/h3-4,9-10,12,18H,5-8,11,13-14H2,1-2H3. The Bertz CT molecular complexity index is 739. The average Bonchev–Trinajstić information content (AvgIpc) is 3.00. The summed E-state index contributed by atoms with van der Waals surface area (Å²) < 4.78 is 11.3. The predicted octanol–water partition coefficient (Wildman–Crippen LogP) is 3.53. The number of likely N-dealkylation sites (tertiary alicyclic amines) is 1. The second-order valence-electron chi connectivity index (χ2n) is 7.33. The number of aromatic nitrogens is 1. The molecular formula is C21H26N2O2. The van der Waals surface area contributed by atoms with E-state index < -0.39 is 0 Å². The summed E-state index contributed by atoms with van der Waals surface area (Å²) in [6.45, 7) is 8.78. The Morgan fingerprint density at radius 2 is 1.76 bits per heavy atom. The topological polar surface area (TPSA) is 34.6 Å². The Morgan fingerprint density at radius 1 is 1.00 bits per heavy atom. The van der Waals surface area contributed by atoms with Gasteiger partial charge in [0.1, 0.15) is 13.2 Å². The summed E-state index contributed by atoms with van der Waals surface area (Å²) in [5.74, 6) is 2.50. The lowest BCUT2D eigenvalue weighted by Gasteiger charge is -2.21. The number of benzene rings is 1. The molecule has 0 aliphatic carbocycles. The van der Waals surface area contributed by atoms with E-state index in [0.717, 1.165) is 48.3 Å². The number of nitrogens with zero attached hydrogens (tertiary/aromatic N) is 2. The second kappa shape index (κ2) is 7.04. The molecule has 0 radical (unpaired) electrons. The van der Waals surface area contributed by atoms with Crippen LogP contribution in [0, 0.1) is 19.8 Å². The number of rotatable bonds is 4. The van der Waals surface area contributed by atoms with Crippen LogP contribution in [0.4, 0.5) is 0 Å². The Kier molecular flexibility index (Phi) is 4.62. The first kappa shape index (κ1) is 16.4. The highest BCUT2D eigenvalue weighted by atomic mass is 16.6. The van der Waals surface area contributed by atoms with Crippen molar-refractivity contribution in [3.63, 3.8) is 0 Å². The van der Waals surface area contributed by atoms with Gasteiger partial charge in [-0.2, -0.15) is 0 Å². The fraction of sp³-hybridized carbons (Fsp3) is 0.476. The summed E-state index contributed by atoms with van der Waals surface area (Å²) >= 11 is 0. The van der Waals surface area contributed by atoms with Gasteiger partial charge in [-0.05, 0) is 74.5 Å². The Morgan fingerprint density at radius 3 is 2.56 bits per heavy atom. The second-order valence-corrected chi connectivity index (χ2v) is 7.33. The number of pyridine rings is 1. The van der Waals surface area contributed by atoms with E-state index in [1.165, 1.54) is 24.1 Å². The van der Waals surface area contributed by atoms with Gasteiger partial charge in [0.25, 0.3) is 0 Å². The lowest BCUT2D eigenvalue weighted by molar-refractivity contribution is 0.171. The fourth-order valence-electron chi connectivity index (χ4n) is 4.04. The maximum absolute atomic E-state index is 5.70. The molecule has 1 unspecified atom stereocenters. The van der Waals surface area contributed by atoms with Gasteiger partial charge in [0.15, 0.2) is 11.5 Å². The zero-order valence-electron chi connectivity index (χ0n) is 15.1. The summed E-state index contributed by atoms with van der Waals surface area (Å²) in [6, 6.07) is 10.8. The van der Waals surface area contributed by atoms with Gasteiger partial charge in [0, 0.05) is 24.5 Å². The summed E-state index contributed by atoms with van der Waals surface area (Å²) in [5, 5.41) is 0. The molecule has 0 saturated carbocycles. The zero-order chi connectivity index (χ0) is 17.2. The molecule has 4 heteroatoms. The maximum Gasteiger partial charge on any atom is 0.161 e. The molecule has 1 fully saturated rings. The van der Waals surface area contributed by atoms with Gasteiger partial charge >= 0.3 is 0 Å². The van der Waals surface area contributed by atoms with Crippen molar-refractivity contribution in [3.05, 3.63) is 52.8 Å². The molecule has 3 heterocycles. The normalized spacial score (nSPS) is 20.0. The van der Waals surface area contributed by atoms with Crippen molar-refractivity contribution >= 4 is 0 Å². The van der Waals surface area contributed by atoms with Gasteiger partial charge in [-0.1, -0.05) is 6.07 Å². The van der Waals surface area contributed by atoms with Crippen LogP contribution in [0.1, 0.15) is 28.9 Å². The van der Waals surface area contributed by atoms with Crippen LogP contribution in [0.2, 0.25) is 0 Å². The molecule has 4 nitrogen and oxygen atoms in total. The lowest BCUT2D eigenvalue weighted by Crippen LogP contribution is -2.21. The van der Waals surface area contributed by atoms with Gasteiger partial charge in [0.2, 0.25) is 0 Å². The first-order valence-corrected chi connectivity index (χ1v) is 9.21. The molecule has 2 aromatic rings. The number of hydrogen-bond donors (Lipinski definition) is 0. The number of fused-ring (bicyclic) bond motifs is 1. The van der Waals surface area contributed by atoms with Crippen molar-refractivity contribution in [2.75, 3.05) is 26.3 Å². The first-order chi connectivity index (χ1) is 12.2. The molecule has 2 aliphatic heterocycles. The van der Waals surface area contributed by atoms with Crippen LogP contribution < -0.4 is 9.47 Å². The largest absolute Gasteiger partial charge is 0.486 e. The van der Waals surface area contributed by atoms with Crippen molar-refractivity contribution in [1.29, 1.82) is 0 Å². The van der Waals surface area contributed by atoms with Crippen LogP contribution in [0.25, 0.3) is 0 Å². The number of hydrogen-bond acceptors (Lipinski definition) is 4. The van der Waals surface area contributed by atoms with E-state index in [1.54, 1.807) is 0 Å². The van der Waals surface area contributed by atoms with E-state index in [0.29, 0.717) is 13.2 Å². The van der Waals surface area contributed by atoms with E-state index in [9.17, 15) is 0 Å². The zero-order valence-corrected chi connectivity index (χ0v) is 15.1.